The minimum atomic E-state index is -0.0826. The maximum absolute atomic E-state index is 12.5. The van der Waals surface area contributed by atoms with Crippen LogP contribution in [0.4, 0.5) is 5.82 Å². The number of nitrogens with zero attached hydrogens (tertiary/aromatic N) is 3. The van der Waals surface area contributed by atoms with Gasteiger partial charge in [0.2, 0.25) is 5.91 Å². The molecule has 0 aliphatic carbocycles. The molecule has 1 unspecified atom stereocenters. The fourth-order valence-electron chi connectivity index (χ4n) is 3.94. The Kier molecular flexibility index (Phi) is 5.41. The zero-order chi connectivity index (χ0) is 18.8. The summed E-state index contributed by atoms with van der Waals surface area (Å²) in [5.41, 5.74) is 2.33. The van der Waals surface area contributed by atoms with Crippen molar-refractivity contribution in [2.45, 2.75) is 51.7 Å². The number of nitrogens with one attached hydrogen (secondary N) is 1. The van der Waals surface area contributed by atoms with E-state index in [0.29, 0.717) is 13.0 Å². The molecule has 0 saturated carbocycles. The summed E-state index contributed by atoms with van der Waals surface area (Å²) >= 11 is 1.70. The Bertz CT molecular complexity index is 794. The molecule has 1 saturated heterocycles. The Morgan fingerprint density at radius 2 is 2.15 bits per heavy atom. The first-order valence-corrected chi connectivity index (χ1v) is 10.5. The van der Waals surface area contributed by atoms with Gasteiger partial charge in [-0.05, 0) is 50.1 Å². The number of hydrogen-bond acceptors (Lipinski definition) is 6. The van der Waals surface area contributed by atoms with Crippen molar-refractivity contribution in [1.82, 2.24) is 15.3 Å². The van der Waals surface area contributed by atoms with Crippen LogP contribution in [0.5, 0.6) is 0 Å². The van der Waals surface area contributed by atoms with Crippen molar-refractivity contribution in [1.29, 1.82) is 0 Å². The molecule has 1 N–H and O–H groups in total. The number of aromatic nitrogens is 2. The molecular formula is C20H26N4O2S. The van der Waals surface area contributed by atoms with Gasteiger partial charge in [-0.3, -0.25) is 4.79 Å². The number of aryl methyl sites for hydroxylation is 2. The molecule has 0 aromatic carbocycles. The number of ether oxygens (including phenoxy) is 1. The average Bonchev–Trinajstić information content (AvgIpc) is 3.11. The Balaban J connectivity index is 1.29. The van der Waals surface area contributed by atoms with E-state index in [-0.39, 0.29) is 18.1 Å². The van der Waals surface area contributed by atoms with Gasteiger partial charge in [0.15, 0.2) is 0 Å². The van der Waals surface area contributed by atoms with E-state index in [0.717, 1.165) is 49.7 Å². The van der Waals surface area contributed by atoms with E-state index < -0.39 is 0 Å². The molecule has 7 heteroatoms. The quantitative estimate of drug-likeness (QED) is 0.875. The highest BCUT2D eigenvalue weighted by Gasteiger charge is 2.27. The normalized spacial score (nSPS) is 20.4. The van der Waals surface area contributed by atoms with Gasteiger partial charge >= 0.3 is 0 Å². The van der Waals surface area contributed by atoms with Gasteiger partial charge in [-0.2, -0.15) is 0 Å². The van der Waals surface area contributed by atoms with Gasteiger partial charge in [0.25, 0.3) is 0 Å². The first kappa shape index (κ1) is 18.4. The van der Waals surface area contributed by atoms with Crippen molar-refractivity contribution >= 4 is 23.1 Å². The minimum absolute atomic E-state index is 0.0826. The van der Waals surface area contributed by atoms with E-state index in [2.05, 4.69) is 31.6 Å². The molecule has 2 aromatic rings. The van der Waals surface area contributed by atoms with Gasteiger partial charge in [0.05, 0.1) is 13.0 Å². The molecule has 27 heavy (non-hydrogen) atoms. The van der Waals surface area contributed by atoms with E-state index in [1.807, 2.05) is 19.9 Å². The molecule has 1 amide bonds. The van der Waals surface area contributed by atoms with Crippen molar-refractivity contribution < 1.29 is 9.53 Å². The minimum Gasteiger partial charge on any atom is -0.372 e. The summed E-state index contributed by atoms with van der Waals surface area (Å²) in [6.07, 6.45) is 3.16. The molecule has 4 rings (SSSR count). The molecule has 0 radical (unpaired) electrons. The van der Waals surface area contributed by atoms with E-state index >= 15 is 0 Å². The third-order valence-corrected chi connectivity index (χ3v) is 6.32. The second kappa shape index (κ2) is 7.94. The number of amides is 1. The number of fused-ring (bicyclic) bond motifs is 1. The van der Waals surface area contributed by atoms with E-state index in [1.165, 1.54) is 10.4 Å². The number of thiophene rings is 1. The van der Waals surface area contributed by atoms with E-state index in [4.69, 9.17) is 4.74 Å². The second-order valence-electron chi connectivity index (χ2n) is 7.37. The van der Waals surface area contributed by atoms with Crippen LogP contribution in [0.2, 0.25) is 0 Å². The van der Waals surface area contributed by atoms with Crippen LogP contribution in [-0.4, -0.2) is 41.6 Å². The van der Waals surface area contributed by atoms with Crippen LogP contribution in [0, 0.1) is 13.8 Å². The number of hydrogen-bond donors (Lipinski definition) is 1. The fourth-order valence-corrected chi connectivity index (χ4v) is 4.95. The van der Waals surface area contributed by atoms with Crippen molar-refractivity contribution in [3.63, 3.8) is 0 Å². The number of carbonyl (C=O) groups is 1. The summed E-state index contributed by atoms with van der Waals surface area (Å²) < 4.78 is 5.85. The summed E-state index contributed by atoms with van der Waals surface area (Å²) in [5, 5.41) is 5.30. The molecule has 0 bridgehead atoms. The topological polar surface area (TPSA) is 67.4 Å². The third-order valence-electron chi connectivity index (χ3n) is 5.27. The largest absolute Gasteiger partial charge is 0.372 e. The predicted molar refractivity (Wildman–Crippen MR) is 106 cm³/mol. The molecule has 1 fully saturated rings. The van der Waals surface area contributed by atoms with Gasteiger partial charge in [-0.1, -0.05) is 0 Å². The van der Waals surface area contributed by atoms with Crippen LogP contribution in [0.15, 0.2) is 17.5 Å². The lowest BCUT2D eigenvalue weighted by molar-refractivity contribution is -0.125. The fraction of sp³-hybridized carbons (Fsp3) is 0.550. The Morgan fingerprint density at radius 3 is 2.93 bits per heavy atom. The summed E-state index contributed by atoms with van der Waals surface area (Å²) in [7, 11) is 0. The summed E-state index contributed by atoms with van der Waals surface area (Å²) in [4.78, 5) is 24.9. The number of anilines is 1. The molecule has 1 atom stereocenters. The summed E-state index contributed by atoms with van der Waals surface area (Å²) in [6, 6.07) is 4.41. The standard InChI is InChI=1S/C20H26N4O2S/c1-13-11-18(22-14(2)21-13)24-7-3-16(4-8-24)23-19(25)12-17-20-15(5-9-26-17)6-10-27-20/h6,10-11,16-17H,3-5,7-9,12H2,1-2H3,(H,23,25). The predicted octanol–water partition coefficient (Wildman–Crippen LogP) is 2.94. The van der Waals surface area contributed by atoms with Gasteiger partial charge < -0.3 is 15.0 Å². The second-order valence-corrected chi connectivity index (χ2v) is 8.31. The van der Waals surface area contributed by atoms with Crippen molar-refractivity contribution in [3.05, 3.63) is 39.5 Å². The monoisotopic (exact) mass is 386 g/mol. The van der Waals surface area contributed by atoms with Gasteiger partial charge in [0.1, 0.15) is 17.7 Å². The van der Waals surface area contributed by atoms with Crippen LogP contribution in [-0.2, 0) is 16.0 Å². The average molecular weight is 387 g/mol. The Labute approximate surface area is 164 Å². The van der Waals surface area contributed by atoms with Crippen LogP contribution >= 0.6 is 11.3 Å². The molecule has 0 spiro atoms. The zero-order valence-electron chi connectivity index (χ0n) is 15.9. The SMILES string of the molecule is Cc1cc(N2CCC(NC(=O)CC3OCCc4ccsc43)CC2)nc(C)n1. The number of carbonyl (C=O) groups excluding carboxylic acids is 1. The Morgan fingerprint density at radius 1 is 1.33 bits per heavy atom. The van der Waals surface area contributed by atoms with E-state index in [1.54, 1.807) is 11.3 Å². The highest BCUT2D eigenvalue weighted by molar-refractivity contribution is 7.10. The lowest BCUT2D eigenvalue weighted by atomic mass is 10.0. The van der Waals surface area contributed by atoms with Crippen molar-refractivity contribution in [2.24, 2.45) is 0 Å². The lowest BCUT2D eigenvalue weighted by Crippen LogP contribution is -2.45. The van der Waals surface area contributed by atoms with Gasteiger partial charge in [-0.25, -0.2) is 9.97 Å². The van der Waals surface area contributed by atoms with Crippen LogP contribution in [0.3, 0.4) is 0 Å². The first-order valence-electron chi connectivity index (χ1n) is 9.63. The highest BCUT2D eigenvalue weighted by Crippen LogP contribution is 2.33. The smallest absolute Gasteiger partial charge is 0.223 e. The maximum atomic E-state index is 12.5. The first-order chi connectivity index (χ1) is 13.1. The van der Waals surface area contributed by atoms with Crippen molar-refractivity contribution in [3.8, 4) is 0 Å². The van der Waals surface area contributed by atoms with Crippen LogP contribution < -0.4 is 10.2 Å². The number of rotatable bonds is 4. The molecule has 144 valence electrons. The summed E-state index contributed by atoms with van der Waals surface area (Å²) in [6.45, 7) is 6.43. The molecule has 4 heterocycles. The lowest BCUT2D eigenvalue weighted by Gasteiger charge is -2.33. The highest BCUT2D eigenvalue weighted by atomic mass is 32.1. The zero-order valence-corrected chi connectivity index (χ0v) is 16.7. The molecule has 2 aromatic heterocycles. The van der Waals surface area contributed by atoms with Crippen LogP contribution in [0.1, 0.15) is 47.3 Å². The van der Waals surface area contributed by atoms with Gasteiger partial charge in [-0.15, -0.1) is 11.3 Å². The molecule has 2 aliphatic rings. The van der Waals surface area contributed by atoms with E-state index in [9.17, 15) is 4.79 Å². The molecular weight excluding hydrogens is 360 g/mol. The Hall–Kier alpha value is -1.99. The van der Waals surface area contributed by atoms with Crippen LogP contribution in [0.25, 0.3) is 0 Å². The van der Waals surface area contributed by atoms with Crippen molar-refractivity contribution in [2.75, 3.05) is 24.6 Å². The summed E-state index contributed by atoms with van der Waals surface area (Å²) in [5.74, 6) is 1.89. The molecule has 6 nitrogen and oxygen atoms in total. The maximum Gasteiger partial charge on any atom is 0.223 e. The van der Waals surface area contributed by atoms with Gasteiger partial charge in [0, 0.05) is 35.8 Å². The molecule has 2 aliphatic heterocycles. The number of piperidine rings is 1. The third kappa shape index (κ3) is 4.30.